The molecule has 4 aromatic rings. The molecule has 0 bridgehead atoms. The molecule has 2 aromatic carbocycles. The first kappa shape index (κ1) is 20.5. The molecular weight excluding hydrogens is 420 g/mol. The van der Waals surface area contributed by atoms with Crippen molar-refractivity contribution in [2.75, 3.05) is 31.8 Å². The summed E-state index contributed by atoms with van der Waals surface area (Å²) >= 11 is 1.34. The number of ether oxygens (including phenoxy) is 1. The number of hydrogen-bond acceptors (Lipinski definition) is 6. The monoisotopic (exact) mass is 444 g/mol. The van der Waals surface area contributed by atoms with Gasteiger partial charge >= 0.3 is 0 Å². The van der Waals surface area contributed by atoms with Crippen molar-refractivity contribution in [2.24, 2.45) is 0 Å². The number of likely N-dealkylation sites (N-methyl/N-ethyl adjacent to an activating group) is 1. The van der Waals surface area contributed by atoms with Crippen LogP contribution in [0.3, 0.4) is 0 Å². The topological polar surface area (TPSA) is 80.5 Å². The molecule has 7 heteroatoms. The average Bonchev–Trinajstić information content (AvgIpc) is 3.14. The van der Waals surface area contributed by atoms with Crippen molar-refractivity contribution in [2.45, 2.75) is 13.0 Å². The minimum Gasteiger partial charge on any atom is -0.496 e. The van der Waals surface area contributed by atoms with Crippen LogP contribution in [0.1, 0.15) is 20.9 Å². The van der Waals surface area contributed by atoms with Gasteiger partial charge in [0, 0.05) is 47.4 Å². The molecule has 0 unspecified atom stereocenters. The first-order valence-electron chi connectivity index (χ1n) is 10.5. The fraction of sp³-hybridized carbons (Fsp3) is 0.200. The maximum Gasteiger partial charge on any atom is 0.267 e. The van der Waals surface area contributed by atoms with E-state index in [0.29, 0.717) is 10.6 Å². The van der Waals surface area contributed by atoms with Crippen LogP contribution >= 0.6 is 11.3 Å². The fourth-order valence-corrected chi connectivity index (χ4v) is 5.31. The largest absolute Gasteiger partial charge is 0.496 e. The number of nitrogens with zero attached hydrogens (tertiary/aromatic N) is 2. The van der Waals surface area contributed by atoms with Gasteiger partial charge in [-0.3, -0.25) is 4.79 Å². The Hall–Kier alpha value is -3.42. The lowest BCUT2D eigenvalue weighted by molar-refractivity contribution is 0.103. The van der Waals surface area contributed by atoms with Crippen molar-refractivity contribution >= 4 is 38.8 Å². The molecule has 1 aliphatic rings. The Morgan fingerprint density at radius 1 is 1.16 bits per heavy atom. The number of fused-ring (bicyclic) bond motifs is 2. The highest BCUT2D eigenvalue weighted by Gasteiger charge is 2.28. The van der Waals surface area contributed by atoms with E-state index in [9.17, 15) is 4.79 Å². The van der Waals surface area contributed by atoms with Crippen LogP contribution in [-0.4, -0.2) is 36.5 Å². The third-order valence-corrected chi connectivity index (χ3v) is 6.93. The molecule has 6 nitrogen and oxygen atoms in total. The molecule has 0 fully saturated rings. The summed E-state index contributed by atoms with van der Waals surface area (Å²) in [6.45, 7) is 1.71. The average molecular weight is 445 g/mol. The Bertz CT molecular complexity index is 1320. The SMILES string of the molecule is COc1ccccc1-c1c2c(nc3sc(C(=O)Nc4ccccc4)c(N)c13)CCN(C)C2. The smallest absolute Gasteiger partial charge is 0.267 e. The van der Waals surface area contributed by atoms with E-state index in [-0.39, 0.29) is 5.91 Å². The number of para-hydroxylation sites is 2. The Morgan fingerprint density at radius 2 is 1.91 bits per heavy atom. The Balaban J connectivity index is 1.73. The minimum absolute atomic E-state index is 0.224. The molecule has 1 amide bonds. The molecule has 0 saturated heterocycles. The van der Waals surface area contributed by atoms with Crippen LogP contribution in [0.4, 0.5) is 11.4 Å². The van der Waals surface area contributed by atoms with Gasteiger partial charge in [-0.2, -0.15) is 0 Å². The lowest BCUT2D eigenvalue weighted by Gasteiger charge is -2.27. The van der Waals surface area contributed by atoms with E-state index in [4.69, 9.17) is 15.5 Å². The number of anilines is 2. The summed E-state index contributed by atoms with van der Waals surface area (Å²) < 4.78 is 5.69. The second kappa shape index (κ2) is 8.26. The molecule has 0 atom stereocenters. The van der Waals surface area contributed by atoms with Gasteiger partial charge in [0.05, 0.1) is 12.8 Å². The van der Waals surface area contributed by atoms with Crippen LogP contribution in [0.5, 0.6) is 5.75 Å². The van der Waals surface area contributed by atoms with Crippen LogP contribution in [0.15, 0.2) is 54.6 Å². The number of amides is 1. The molecule has 3 N–H and O–H groups in total. The lowest BCUT2D eigenvalue weighted by Crippen LogP contribution is -2.28. The van der Waals surface area contributed by atoms with Gasteiger partial charge in [0.1, 0.15) is 15.5 Å². The van der Waals surface area contributed by atoms with Gasteiger partial charge in [0.25, 0.3) is 5.91 Å². The molecule has 0 saturated carbocycles. The van der Waals surface area contributed by atoms with Crippen LogP contribution in [0.25, 0.3) is 21.3 Å². The number of hydrogen-bond donors (Lipinski definition) is 2. The zero-order chi connectivity index (χ0) is 22.2. The number of pyridine rings is 1. The van der Waals surface area contributed by atoms with Crippen molar-refractivity contribution in [3.05, 3.63) is 70.7 Å². The molecule has 5 rings (SSSR count). The first-order valence-corrected chi connectivity index (χ1v) is 11.3. The van der Waals surface area contributed by atoms with Crippen molar-refractivity contribution in [3.63, 3.8) is 0 Å². The Labute approximate surface area is 190 Å². The van der Waals surface area contributed by atoms with Crippen LogP contribution in [0.2, 0.25) is 0 Å². The third-order valence-electron chi connectivity index (χ3n) is 5.84. The number of carbonyl (C=O) groups excluding carboxylic acids is 1. The second-order valence-corrected chi connectivity index (χ2v) is 8.94. The number of nitrogens with one attached hydrogen (secondary N) is 1. The maximum atomic E-state index is 13.1. The molecule has 0 spiro atoms. The minimum atomic E-state index is -0.224. The lowest BCUT2D eigenvalue weighted by atomic mass is 9.91. The Morgan fingerprint density at radius 3 is 2.69 bits per heavy atom. The summed E-state index contributed by atoms with van der Waals surface area (Å²) in [4.78, 5) is 21.6. The van der Waals surface area contributed by atoms with Crippen LogP contribution in [0, 0.1) is 0 Å². The quantitative estimate of drug-likeness (QED) is 0.473. The van der Waals surface area contributed by atoms with Gasteiger partial charge in [-0.25, -0.2) is 4.98 Å². The molecule has 0 aliphatic carbocycles. The molecule has 162 valence electrons. The Kier molecular flexibility index (Phi) is 5.28. The van der Waals surface area contributed by atoms with Gasteiger partial charge in [-0.15, -0.1) is 11.3 Å². The van der Waals surface area contributed by atoms with Crippen molar-refractivity contribution in [1.82, 2.24) is 9.88 Å². The first-order chi connectivity index (χ1) is 15.6. The molecular formula is C25H24N4O2S. The highest BCUT2D eigenvalue weighted by Crippen LogP contribution is 2.45. The molecule has 2 aromatic heterocycles. The summed E-state index contributed by atoms with van der Waals surface area (Å²) in [6, 6.07) is 17.3. The van der Waals surface area contributed by atoms with E-state index >= 15 is 0 Å². The van der Waals surface area contributed by atoms with E-state index in [0.717, 1.165) is 63.5 Å². The molecule has 0 radical (unpaired) electrons. The number of nitrogens with two attached hydrogens (primary N) is 1. The highest BCUT2D eigenvalue weighted by atomic mass is 32.1. The van der Waals surface area contributed by atoms with E-state index in [1.54, 1.807) is 7.11 Å². The fourth-order valence-electron chi connectivity index (χ4n) is 4.29. The number of methoxy groups -OCH3 is 1. The van der Waals surface area contributed by atoms with Crippen molar-refractivity contribution in [3.8, 4) is 16.9 Å². The predicted molar refractivity (Wildman–Crippen MR) is 130 cm³/mol. The number of aromatic nitrogens is 1. The number of benzene rings is 2. The van der Waals surface area contributed by atoms with E-state index in [1.165, 1.54) is 11.3 Å². The van der Waals surface area contributed by atoms with E-state index in [2.05, 4.69) is 17.3 Å². The van der Waals surface area contributed by atoms with E-state index < -0.39 is 0 Å². The second-order valence-electron chi connectivity index (χ2n) is 7.95. The number of rotatable bonds is 4. The standard InChI is InChI=1S/C25H24N4O2S/c1-29-13-12-18-17(14-29)20(16-10-6-7-11-19(16)31-2)21-22(26)23(32-25(21)28-18)24(30)27-15-8-4-3-5-9-15/h3-11H,12-14,26H2,1-2H3,(H,27,30). The highest BCUT2D eigenvalue weighted by molar-refractivity contribution is 7.21. The maximum absolute atomic E-state index is 13.1. The number of carbonyl (C=O) groups is 1. The van der Waals surface area contributed by atoms with Gasteiger partial charge in [0.15, 0.2) is 0 Å². The molecule has 32 heavy (non-hydrogen) atoms. The van der Waals surface area contributed by atoms with Crippen LogP contribution < -0.4 is 15.8 Å². The number of thiophene rings is 1. The van der Waals surface area contributed by atoms with Gasteiger partial charge in [0.2, 0.25) is 0 Å². The summed E-state index contributed by atoms with van der Waals surface area (Å²) in [6.07, 6.45) is 0.854. The van der Waals surface area contributed by atoms with Gasteiger partial charge in [-0.1, -0.05) is 36.4 Å². The van der Waals surface area contributed by atoms with Gasteiger partial charge < -0.3 is 20.7 Å². The summed E-state index contributed by atoms with van der Waals surface area (Å²) in [5.74, 6) is 0.550. The van der Waals surface area contributed by atoms with Crippen molar-refractivity contribution < 1.29 is 9.53 Å². The van der Waals surface area contributed by atoms with E-state index in [1.807, 2.05) is 54.6 Å². The third kappa shape index (κ3) is 3.49. The summed E-state index contributed by atoms with van der Waals surface area (Å²) in [7, 11) is 3.78. The van der Waals surface area contributed by atoms with Crippen LogP contribution in [-0.2, 0) is 13.0 Å². The predicted octanol–water partition coefficient (Wildman–Crippen LogP) is 4.79. The number of nitrogen functional groups attached to an aromatic ring is 1. The normalized spacial score (nSPS) is 13.7. The zero-order valence-corrected chi connectivity index (χ0v) is 18.8. The summed E-state index contributed by atoms with van der Waals surface area (Å²) in [5.41, 5.74) is 12.0. The summed E-state index contributed by atoms with van der Waals surface area (Å²) in [5, 5.41) is 3.77. The molecule has 1 aliphatic heterocycles. The zero-order valence-electron chi connectivity index (χ0n) is 18.0. The van der Waals surface area contributed by atoms with Crippen molar-refractivity contribution in [1.29, 1.82) is 0 Å². The molecule has 3 heterocycles. The van der Waals surface area contributed by atoms with Gasteiger partial charge in [-0.05, 0) is 30.8 Å².